The van der Waals surface area contributed by atoms with Crippen molar-refractivity contribution in [2.24, 2.45) is 0 Å². The molecule has 0 N–H and O–H groups in total. The summed E-state index contributed by atoms with van der Waals surface area (Å²) in [5.41, 5.74) is 2.39. The van der Waals surface area contributed by atoms with Gasteiger partial charge in [0.1, 0.15) is 6.04 Å². The minimum atomic E-state index is -0.786. The molecule has 1 saturated heterocycles. The Kier molecular flexibility index (Phi) is 4.61. The standard InChI is InChI=1S/C19H19N3O3/c1-13-5-7-16(8-6-13)22-18(24)10-17(19(22)25)21(14(2)23)12-15-4-3-9-20-11-15/h3-9,11,17H,10,12H2,1-2H3. The van der Waals surface area contributed by atoms with E-state index in [1.807, 2.05) is 25.1 Å². The zero-order valence-electron chi connectivity index (χ0n) is 14.2. The van der Waals surface area contributed by atoms with Gasteiger partial charge in [0.05, 0.1) is 12.1 Å². The molecular formula is C19H19N3O3. The second kappa shape index (κ2) is 6.84. The molecule has 1 aromatic heterocycles. The van der Waals surface area contributed by atoms with Crippen LogP contribution in [-0.2, 0) is 20.9 Å². The molecule has 2 aromatic rings. The predicted octanol–water partition coefficient (Wildman–Crippen LogP) is 2.07. The van der Waals surface area contributed by atoms with Crippen LogP contribution in [0.3, 0.4) is 0 Å². The smallest absolute Gasteiger partial charge is 0.257 e. The van der Waals surface area contributed by atoms with E-state index in [9.17, 15) is 14.4 Å². The molecule has 1 unspecified atom stereocenters. The summed E-state index contributed by atoms with van der Waals surface area (Å²) in [6, 6.07) is 10.0. The molecule has 1 aliphatic heterocycles. The fourth-order valence-corrected chi connectivity index (χ4v) is 2.95. The summed E-state index contributed by atoms with van der Waals surface area (Å²) >= 11 is 0. The van der Waals surface area contributed by atoms with Crippen LogP contribution in [0, 0.1) is 6.92 Å². The van der Waals surface area contributed by atoms with Crippen LogP contribution in [0.15, 0.2) is 48.8 Å². The Bertz CT molecular complexity index is 802. The van der Waals surface area contributed by atoms with E-state index in [1.165, 1.54) is 16.7 Å². The van der Waals surface area contributed by atoms with Gasteiger partial charge in [-0.3, -0.25) is 19.4 Å². The topological polar surface area (TPSA) is 70.6 Å². The fraction of sp³-hybridized carbons (Fsp3) is 0.263. The maximum atomic E-state index is 12.8. The van der Waals surface area contributed by atoms with Crippen LogP contribution in [-0.4, -0.2) is 33.6 Å². The van der Waals surface area contributed by atoms with Crippen LogP contribution in [0.5, 0.6) is 0 Å². The number of benzene rings is 1. The zero-order chi connectivity index (χ0) is 18.0. The van der Waals surface area contributed by atoms with Gasteiger partial charge in [-0.2, -0.15) is 0 Å². The molecule has 128 valence electrons. The summed E-state index contributed by atoms with van der Waals surface area (Å²) in [6.45, 7) is 3.59. The predicted molar refractivity (Wildman–Crippen MR) is 92.5 cm³/mol. The van der Waals surface area contributed by atoms with E-state index in [4.69, 9.17) is 0 Å². The van der Waals surface area contributed by atoms with Crippen molar-refractivity contribution in [3.8, 4) is 0 Å². The lowest BCUT2D eigenvalue weighted by Crippen LogP contribution is -2.44. The number of imide groups is 1. The molecule has 25 heavy (non-hydrogen) atoms. The van der Waals surface area contributed by atoms with Crippen LogP contribution >= 0.6 is 0 Å². The molecule has 6 heteroatoms. The Morgan fingerprint density at radius 3 is 2.56 bits per heavy atom. The van der Waals surface area contributed by atoms with Crippen molar-refractivity contribution in [2.75, 3.05) is 4.90 Å². The van der Waals surface area contributed by atoms with Crippen molar-refractivity contribution < 1.29 is 14.4 Å². The number of nitrogens with zero attached hydrogens (tertiary/aromatic N) is 3. The number of rotatable bonds is 4. The van der Waals surface area contributed by atoms with Crippen molar-refractivity contribution >= 4 is 23.4 Å². The van der Waals surface area contributed by atoms with Gasteiger partial charge < -0.3 is 4.90 Å². The van der Waals surface area contributed by atoms with Gasteiger partial charge >= 0.3 is 0 Å². The van der Waals surface area contributed by atoms with E-state index in [-0.39, 0.29) is 30.7 Å². The number of aromatic nitrogens is 1. The summed E-state index contributed by atoms with van der Waals surface area (Å²) in [5.74, 6) is -0.912. The molecular weight excluding hydrogens is 318 g/mol. The number of amides is 3. The molecule has 0 saturated carbocycles. The highest BCUT2D eigenvalue weighted by molar-refractivity contribution is 6.22. The molecule has 0 radical (unpaired) electrons. The number of pyridine rings is 1. The van der Waals surface area contributed by atoms with Gasteiger partial charge in [0, 0.05) is 25.9 Å². The van der Waals surface area contributed by atoms with Crippen molar-refractivity contribution in [3.05, 3.63) is 59.9 Å². The SMILES string of the molecule is CC(=O)N(Cc1cccnc1)C1CC(=O)N(c2ccc(C)cc2)C1=O. The van der Waals surface area contributed by atoms with Crippen LogP contribution in [0.2, 0.25) is 0 Å². The van der Waals surface area contributed by atoms with E-state index < -0.39 is 6.04 Å². The molecule has 0 bridgehead atoms. The highest BCUT2D eigenvalue weighted by Gasteiger charge is 2.43. The molecule has 2 heterocycles. The Hall–Kier alpha value is -3.02. The van der Waals surface area contributed by atoms with Crippen molar-refractivity contribution in [2.45, 2.75) is 32.9 Å². The third-order valence-corrected chi connectivity index (χ3v) is 4.27. The van der Waals surface area contributed by atoms with Gasteiger partial charge in [0.15, 0.2) is 0 Å². The van der Waals surface area contributed by atoms with Crippen molar-refractivity contribution in [3.63, 3.8) is 0 Å². The average molecular weight is 337 g/mol. The number of aryl methyl sites for hydroxylation is 1. The Morgan fingerprint density at radius 2 is 1.96 bits per heavy atom. The molecule has 1 atom stereocenters. The average Bonchev–Trinajstić information content (AvgIpc) is 2.89. The first-order valence-electron chi connectivity index (χ1n) is 8.07. The number of hydrogen-bond donors (Lipinski definition) is 0. The number of hydrogen-bond acceptors (Lipinski definition) is 4. The lowest BCUT2D eigenvalue weighted by molar-refractivity contribution is -0.137. The van der Waals surface area contributed by atoms with E-state index in [0.717, 1.165) is 11.1 Å². The van der Waals surface area contributed by atoms with E-state index in [0.29, 0.717) is 5.69 Å². The van der Waals surface area contributed by atoms with Gasteiger partial charge in [-0.1, -0.05) is 23.8 Å². The van der Waals surface area contributed by atoms with Gasteiger partial charge in [-0.15, -0.1) is 0 Å². The van der Waals surface area contributed by atoms with Gasteiger partial charge in [0.2, 0.25) is 11.8 Å². The maximum Gasteiger partial charge on any atom is 0.257 e. The first-order valence-corrected chi connectivity index (χ1v) is 8.07. The van der Waals surface area contributed by atoms with Gasteiger partial charge in [-0.05, 0) is 30.7 Å². The zero-order valence-corrected chi connectivity index (χ0v) is 14.2. The van der Waals surface area contributed by atoms with Crippen molar-refractivity contribution in [1.82, 2.24) is 9.88 Å². The second-order valence-corrected chi connectivity index (χ2v) is 6.13. The molecule has 6 nitrogen and oxygen atoms in total. The van der Waals surface area contributed by atoms with E-state index in [1.54, 1.807) is 30.6 Å². The van der Waals surface area contributed by atoms with Crippen LogP contribution < -0.4 is 4.90 Å². The summed E-state index contributed by atoms with van der Waals surface area (Å²) in [7, 11) is 0. The Labute approximate surface area is 146 Å². The monoisotopic (exact) mass is 337 g/mol. The minimum Gasteiger partial charge on any atom is -0.326 e. The molecule has 1 aliphatic rings. The molecule has 1 aromatic carbocycles. The van der Waals surface area contributed by atoms with Crippen LogP contribution in [0.4, 0.5) is 5.69 Å². The number of carbonyl (C=O) groups excluding carboxylic acids is 3. The highest BCUT2D eigenvalue weighted by Crippen LogP contribution is 2.27. The lowest BCUT2D eigenvalue weighted by Gasteiger charge is -2.26. The fourth-order valence-electron chi connectivity index (χ4n) is 2.95. The first-order chi connectivity index (χ1) is 12.0. The third-order valence-electron chi connectivity index (χ3n) is 4.27. The van der Waals surface area contributed by atoms with Crippen molar-refractivity contribution in [1.29, 1.82) is 0 Å². The summed E-state index contributed by atoms with van der Waals surface area (Å²) in [4.78, 5) is 44.0. The molecule has 1 fully saturated rings. The van der Waals surface area contributed by atoms with E-state index in [2.05, 4.69) is 4.98 Å². The second-order valence-electron chi connectivity index (χ2n) is 6.13. The molecule has 0 aliphatic carbocycles. The van der Waals surface area contributed by atoms with Crippen LogP contribution in [0.25, 0.3) is 0 Å². The highest BCUT2D eigenvalue weighted by atomic mass is 16.2. The molecule has 0 spiro atoms. The molecule has 3 rings (SSSR count). The quantitative estimate of drug-likeness (QED) is 0.801. The maximum absolute atomic E-state index is 12.8. The van der Waals surface area contributed by atoms with Gasteiger partial charge in [-0.25, -0.2) is 4.90 Å². The third kappa shape index (κ3) is 3.42. The number of carbonyl (C=O) groups is 3. The van der Waals surface area contributed by atoms with E-state index >= 15 is 0 Å². The van der Waals surface area contributed by atoms with Gasteiger partial charge in [0.25, 0.3) is 5.91 Å². The minimum absolute atomic E-state index is 0.00739. The summed E-state index contributed by atoms with van der Waals surface area (Å²) < 4.78 is 0. The molecule has 3 amide bonds. The normalized spacial score (nSPS) is 17.0. The summed E-state index contributed by atoms with van der Waals surface area (Å²) in [5, 5.41) is 0. The largest absolute Gasteiger partial charge is 0.326 e. The Morgan fingerprint density at radius 1 is 1.24 bits per heavy atom. The summed E-state index contributed by atoms with van der Waals surface area (Å²) in [6.07, 6.45) is 3.28. The first kappa shape index (κ1) is 16.8. The lowest BCUT2D eigenvalue weighted by atomic mass is 10.1. The van der Waals surface area contributed by atoms with Crippen LogP contribution in [0.1, 0.15) is 24.5 Å². The number of anilines is 1. The Balaban J connectivity index is 1.86.